The van der Waals surface area contributed by atoms with E-state index >= 15 is 0 Å². The van der Waals surface area contributed by atoms with E-state index in [0.717, 1.165) is 13.1 Å². The van der Waals surface area contributed by atoms with E-state index in [0.29, 0.717) is 0 Å². The molecule has 0 radical (unpaired) electrons. The average Bonchev–Trinajstić information content (AvgIpc) is 2.21. The van der Waals surface area contributed by atoms with Gasteiger partial charge in [0.2, 0.25) is 0 Å². The number of nitrogens with two attached hydrogens (primary N) is 1. The fourth-order valence-electron chi connectivity index (χ4n) is 1.49. The van der Waals surface area contributed by atoms with Crippen LogP contribution in [-0.2, 0) is 13.1 Å². The Morgan fingerprint density at radius 1 is 1.30 bits per heavy atom. The van der Waals surface area contributed by atoms with E-state index in [4.69, 9.17) is 5.84 Å². The summed E-state index contributed by atoms with van der Waals surface area (Å²) in [5.74, 6) is 5.53. The van der Waals surface area contributed by atoms with Gasteiger partial charge >= 0.3 is 0 Å². The Morgan fingerprint density at radius 3 is 2.30 bits per heavy atom. The molecule has 2 heterocycles. The minimum Gasteiger partial charge on any atom is -0.340 e. The summed E-state index contributed by atoms with van der Waals surface area (Å²) in [6.45, 7) is 2.08. The smallest absolute Gasteiger partial charge is 0.0304 e. The number of hydrogen-bond acceptors (Lipinski definition) is 2. The lowest BCUT2D eigenvalue weighted by Crippen LogP contribution is -2.11. The van der Waals surface area contributed by atoms with Crippen LogP contribution in [0.1, 0.15) is 11.1 Å². The van der Waals surface area contributed by atoms with Crippen LogP contribution in [0.25, 0.3) is 0 Å². The maximum Gasteiger partial charge on any atom is 0.0304 e. The SMILES string of the molecule is CN1Cc2cn(N)cc2C1. The molecule has 1 aliphatic heterocycles. The van der Waals surface area contributed by atoms with Gasteiger partial charge in [-0.2, -0.15) is 0 Å². The summed E-state index contributed by atoms with van der Waals surface area (Å²) in [6, 6.07) is 0. The number of nitrogen functional groups attached to an aromatic ring is 1. The zero-order valence-electron chi connectivity index (χ0n) is 6.04. The first-order valence-electron chi connectivity index (χ1n) is 3.39. The highest BCUT2D eigenvalue weighted by Crippen LogP contribution is 2.20. The molecule has 3 heteroatoms. The number of rotatable bonds is 0. The van der Waals surface area contributed by atoms with Crippen molar-refractivity contribution in [2.45, 2.75) is 13.1 Å². The highest BCUT2D eigenvalue weighted by molar-refractivity contribution is 5.27. The molecule has 1 aliphatic rings. The van der Waals surface area contributed by atoms with Gasteiger partial charge in [0, 0.05) is 25.5 Å². The lowest BCUT2D eigenvalue weighted by molar-refractivity contribution is 0.351. The second-order valence-corrected chi connectivity index (χ2v) is 2.93. The third-order valence-corrected chi connectivity index (χ3v) is 1.90. The molecule has 54 valence electrons. The Labute approximate surface area is 60.0 Å². The van der Waals surface area contributed by atoms with Gasteiger partial charge in [-0.1, -0.05) is 0 Å². The molecule has 0 aromatic carbocycles. The summed E-state index contributed by atoms with van der Waals surface area (Å²) < 4.78 is 1.64. The molecule has 10 heavy (non-hydrogen) atoms. The van der Waals surface area contributed by atoms with Crippen LogP contribution in [0.4, 0.5) is 0 Å². The molecule has 0 saturated heterocycles. The Hall–Kier alpha value is -0.960. The molecule has 0 fully saturated rings. The van der Waals surface area contributed by atoms with Crippen molar-refractivity contribution in [2.24, 2.45) is 0 Å². The fraction of sp³-hybridized carbons (Fsp3) is 0.429. The molecule has 0 aliphatic carbocycles. The molecule has 2 rings (SSSR count). The summed E-state index contributed by atoms with van der Waals surface area (Å²) in [5, 5.41) is 0. The Kier molecular flexibility index (Phi) is 1.02. The van der Waals surface area contributed by atoms with E-state index in [1.54, 1.807) is 4.68 Å². The second kappa shape index (κ2) is 1.76. The quantitative estimate of drug-likeness (QED) is 0.516. The first kappa shape index (κ1) is 5.80. The van der Waals surface area contributed by atoms with Crippen molar-refractivity contribution < 1.29 is 0 Å². The van der Waals surface area contributed by atoms with Crippen LogP contribution in [0, 0.1) is 0 Å². The molecule has 1 aromatic rings. The van der Waals surface area contributed by atoms with Gasteiger partial charge in [-0.25, -0.2) is 0 Å². The Balaban J connectivity index is 2.39. The molecule has 0 atom stereocenters. The normalized spacial score (nSPS) is 17.7. The van der Waals surface area contributed by atoms with E-state index in [-0.39, 0.29) is 0 Å². The van der Waals surface area contributed by atoms with Crippen molar-refractivity contribution in [3.63, 3.8) is 0 Å². The average molecular weight is 137 g/mol. The third-order valence-electron chi connectivity index (χ3n) is 1.90. The predicted octanol–water partition coefficient (Wildman–Crippen LogP) is 0.147. The minimum atomic E-state index is 1.04. The molecule has 0 saturated carbocycles. The van der Waals surface area contributed by atoms with Crippen LogP contribution >= 0.6 is 0 Å². The van der Waals surface area contributed by atoms with E-state index in [9.17, 15) is 0 Å². The molecule has 0 unspecified atom stereocenters. The monoisotopic (exact) mass is 137 g/mol. The summed E-state index contributed by atoms with van der Waals surface area (Å²) in [5.41, 5.74) is 2.73. The van der Waals surface area contributed by atoms with Crippen molar-refractivity contribution in [2.75, 3.05) is 12.9 Å². The van der Waals surface area contributed by atoms with E-state index in [2.05, 4.69) is 11.9 Å². The van der Waals surface area contributed by atoms with Crippen LogP contribution in [0.5, 0.6) is 0 Å². The molecule has 0 amide bonds. The predicted molar refractivity (Wildman–Crippen MR) is 39.8 cm³/mol. The molecule has 0 bridgehead atoms. The summed E-state index contributed by atoms with van der Waals surface area (Å²) in [6.07, 6.45) is 3.97. The van der Waals surface area contributed by atoms with Crippen LogP contribution in [-0.4, -0.2) is 16.6 Å². The molecular formula is C7H11N3. The summed E-state index contributed by atoms with van der Waals surface area (Å²) >= 11 is 0. The first-order chi connectivity index (χ1) is 4.75. The Morgan fingerprint density at radius 2 is 1.80 bits per heavy atom. The van der Waals surface area contributed by atoms with Gasteiger partial charge in [0.05, 0.1) is 0 Å². The van der Waals surface area contributed by atoms with Gasteiger partial charge < -0.3 is 5.84 Å². The van der Waals surface area contributed by atoms with Crippen molar-refractivity contribution in [3.8, 4) is 0 Å². The highest BCUT2D eigenvalue weighted by Gasteiger charge is 2.16. The molecule has 3 nitrogen and oxygen atoms in total. The van der Waals surface area contributed by atoms with Crippen LogP contribution in [0.3, 0.4) is 0 Å². The van der Waals surface area contributed by atoms with Gasteiger partial charge in [-0.05, 0) is 18.2 Å². The topological polar surface area (TPSA) is 34.2 Å². The highest BCUT2D eigenvalue weighted by atomic mass is 15.3. The van der Waals surface area contributed by atoms with Gasteiger partial charge in [0.1, 0.15) is 0 Å². The van der Waals surface area contributed by atoms with E-state index in [1.807, 2.05) is 12.4 Å². The Bertz CT molecular complexity index is 228. The third kappa shape index (κ3) is 0.708. The van der Waals surface area contributed by atoms with Crippen LogP contribution in [0.15, 0.2) is 12.4 Å². The number of aromatic nitrogens is 1. The number of hydrogen-bond donors (Lipinski definition) is 1. The lowest BCUT2D eigenvalue weighted by Gasteiger charge is -2.04. The van der Waals surface area contributed by atoms with Crippen molar-refractivity contribution in [1.29, 1.82) is 0 Å². The van der Waals surface area contributed by atoms with Crippen LogP contribution < -0.4 is 5.84 Å². The molecule has 2 N–H and O–H groups in total. The standard InChI is InChI=1S/C7H11N3/c1-9-2-6-4-10(8)5-7(6)3-9/h4-5H,2-3,8H2,1H3. The summed E-state index contributed by atoms with van der Waals surface area (Å²) in [4.78, 5) is 2.27. The molecule has 1 aromatic heterocycles. The largest absolute Gasteiger partial charge is 0.340 e. The van der Waals surface area contributed by atoms with Gasteiger partial charge in [-0.15, -0.1) is 0 Å². The number of nitrogens with zero attached hydrogens (tertiary/aromatic N) is 2. The minimum absolute atomic E-state index is 1.04. The summed E-state index contributed by atoms with van der Waals surface area (Å²) in [7, 11) is 2.11. The van der Waals surface area contributed by atoms with Gasteiger partial charge in [0.15, 0.2) is 0 Å². The zero-order chi connectivity index (χ0) is 7.14. The second-order valence-electron chi connectivity index (χ2n) is 2.93. The van der Waals surface area contributed by atoms with Crippen LogP contribution in [0.2, 0.25) is 0 Å². The molecular weight excluding hydrogens is 126 g/mol. The van der Waals surface area contributed by atoms with Crippen molar-refractivity contribution in [3.05, 3.63) is 23.5 Å². The van der Waals surface area contributed by atoms with Gasteiger partial charge in [0.25, 0.3) is 0 Å². The first-order valence-corrected chi connectivity index (χ1v) is 3.39. The fourth-order valence-corrected chi connectivity index (χ4v) is 1.49. The van der Waals surface area contributed by atoms with Crippen molar-refractivity contribution in [1.82, 2.24) is 9.58 Å². The lowest BCUT2D eigenvalue weighted by atomic mass is 10.2. The van der Waals surface area contributed by atoms with Gasteiger partial charge in [-0.3, -0.25) is 9.58 Å². The maximum atomic E-state index is 5.53. The zero-order valence-corrected chi connectivity index (χ0v) is 6.04. The molecule has 0 spiro atoms. The van der Waals surface area contributed by atoms with E-state index < -0.39 is 0 Å². The van der Waals surface area contributed by atoms with E-state index in [1.165, 1.54) is 11.1 Å². The van der Waals surface area contributed by atoms with Crippen molar-refractivity contribution >= 4 is 0 Å². The number of fused-ring (bicyclic) bond motifs is 1. The maximum absolute atomic E-state index is 5.53.